The van der Waals surface area contributed by atoms with Crippen LogP contribution in [0.25, 0.3) is 11.1 Å². The predicted octanol–water partition coefficient (Wildman–Crippen LogP) is 8.62. The molecule has 0 atom stereocenters. The fourth-order valence-electron chi connectivity index (χ4n) is 4.10. The normalized spacial score (nSPS) is 11.0. The molecule has 3 aromatic rings. The van der Waals surface area contributed by atoms with Crippen LogP contribution in [0.2, 0.25) is 0 Å². The van der Waals surface area contributed by atoms with E-state index in [0.29, 0.717) is 0 Å². The van der Waals surface area contributed by atoms with Crippen molar-refractivity contribution in [3.8, 4) is 16.9 Å². The number of rotatable bonds is 15. The lowest BCUT2D eigenvalue weighted by atomic mass is 10.0. The summed E-state index contributed by atoms with van der Waals surface area (Å²) in [4.78, 5) is 4.67. The lowest BCUT2D eigenvalue weighted by molar-refractivity contribution is 0.305. The van der Waals surface area contributed by atoms with Crippen LogP contribution in [-0.2, 0) is 19.3 Å². The highest BCUT2D eigenvalue weighted by molar-refractivity contribution is 5.64. The monoisotopic (exact) mass is 443 g/mol. The molecule has 1 aromatic heterocycles. The Morgan fingerprint density at radius 1 is 0.576 bits per heavy atom. The molecular weight excluding hydrogens is 402 g/mol. The molecule has 0 spiro atoms. The van der Waals surface area contributed by atoms with Gasteiger partial charge >= 0.3 is 0 Å². The third-order valence-electron chi connectivity index (χ3n) is 6.28. The smallest absolute Gasteiger partial charge is 0.119 e. The number of aromatic nitrogens is 1. The third kappa shape index (κ3) is 9.04. The predicted molar refractivity (Wildman–Crippen MR) is 141 cm³/mol. The van der Waals surface area contributed by atoms with E-state index in [-0.39, 0.29) is 0 Å². The number of aryl methyl sites for hydroxylation is 3. The van der Waals surface area contributed by atoms with Crippen LogP contribution in [0.15, 0.2) is 66.9 Å². The molecule has 2 aromatic carbocycles. The van der Waals surface area contributed by atoms with E-state index in [0.717, 1.165) is 38.0 Å². The summed E-state index contributed by atoms with van der Waals surface area (Å²) in [6.45, 7) is 5.30. The van der Waals surface area contributed by atoms with Gasteiger partial charge in [0, 0.05) is 11.9 Å². The van der Waals surface area contributed by atoms with Gasteiger partial charge in [0.05, 0.1) is 6.61 Å². The Bertz CT molecular complexity index is 897. The summed E-state index contributed by atoms with van der Waals surface area (Å²) < 4.78 is 5.87. The molecule has 1 heterocycles. The van der Waals surface area contributed by atoms with Crippen molar-refractivity contribution in [2.75, 3.05) is 6.61 Å². The van der Waals surface area contributed by atoms with Crippen LogP contribution in [0.1, 0.15) is 82.0 Å². The summed E-state index contributed by atoms with van der Waals surface area (Å²) in [5.41, 5.74) is 6.41. The van der Waals surface area contributed by atoms with Gasteiger partial charge in [-0.2, -0.15) is 0 Å². The molecule has 0 aliphatic heterocycles. The van der Waals surface area contributed by atoms with Crippen molar-refractivity contribution in [3.05, 3.63) is 83.7 Å². The highest BCUT2D eigenvalue weighted by Crippen LogP contribution is 2.23. The minimum atomic E-state index is 0.811. The van der Waals surface area contributed by atoms with Crippen LogP contribution in [-0.4, -0.2) is 11.6 Å². The molecule has 3 rings (SSSR count). The molecule has 0 aliphatic carbocycles. The summed E-state index contributed by atoms with van der Waals surface area (Å²) in [5.74, 6) is 0.965. The quantitative estimate of drug-likeness (QED) is 0.219. The van der Waals surface area contributed by atoms with E-state index in [1.165, 1.54) is 72.9 Å². The van der Waals surface area contributed by atoms with Gasteiger partial charge in [0.25, 0.3) is 0 Å². The van der Waals surface area contributed by atoms with Gasteiger partial charge in [-0.15, -0.1) is 0 Å². The first-order chi connectivity index (χ1) is 16.3. The summed E-state index contributed by atoms with van der Waals surface area (Å²) in [5, 5.41) is 0. The van der Waals surface area contributed by atoms with E-state index in [9.17, 15) is 0 Å². The van der Waals surface area contributed by atoms with Crippen molar-refractivity contribution < 1.29 is 4.74 Å². The number of ether oxygens (including phenoxy) is 1. The van der Waals surface area contributed by atoms with E-state index in [1.807, 2.05) is 0 Å². The van der Waals surface area contributed by atoms with Crippen LogP contribution < -0.4 is 4.74 Å². The molecule has 0 unspecified atom stereocenters. The molecule has 0 fully saturated rings. The summed E-state index contributed by atoms with van der Waals surface area (Å²) >= 11 is 0. The lowest BCUT2D eigenvalue weighted by Crippen LogP contribution is -1.97. The lowest BCUT2D eigenvalue weighted by Gasteiger charge is -2.08. The number of unbranched alkanes of at least 4 members (excludes halogenated alkanes) is 6. The van der Waals surface area contributed by atoms with Gasteiger partial charge in [-0.25, -0.2) is 0 Å². The molecule has 0 radical (unpaired) electrons. The maximum atomic E-state index is 5.87. The molecule has 0 aliphatic rings. The van der Waals surface area contributed by atoms with E-state index < -0.39 is 0 Å². The first-order valence-corrected chi connectivity index (χ1v) is 13.0. The maximum Gasteiger partial charge on any atom is 0.119 e. The minimum absolute atomic E-state index is 0.811. The van der Waals surface area contributed by atoms with Gasteiger partial charge in [0.15, 0.2) is 0 Å². The van der Waals surface area contributed by atoms with Gasteiger partial charge in [-0.1, -0.05) is 94.8 Å². The Hall–Kier alpha value is -2.61. The fourth-order valence-corrected chi connectivity index (χ4v) is 4.10. The second-order valence-corrected chi connectivity index (χ2v) is 9.10. The van der Waals surface area contributed by atoms with Crippen LogP contribution in [0, 0.1) is 0 Å². The molecule has 176 valence electrons. The van der Waals surface area contributed by atoms with Crippen molar-refractivity contribution in [2.24, 2.45) is 0 Å². The number of hydrogen-bond donors (Lipinski definition) is 0. The van der Waals surface area contributed by atoms with Crippen LogP contribution in [0.3, 0.4) is 0 Å². The second-order valence-electron chi connectivity index (χ2n) is 9.10. The Balaban J connectivity index is 1.43. The highest BCUT2D eigenvalue weighted by atomic mass is 16.5. The van der Waals surface area contributed by atoms with Crippen molar-refractivity contribution in [1.82, 2.24) is 4.98 Å². The SMILES string of the molecule is CCCCCCOc1ccc(-c2ccc(CCc3ccc(CCCCCC)nc3)cc2)cc1. The van der Waals surface area contributed by atoms with E-state index >= 15 is 0 Å². The summed E-state index contributed by atoms with van der Waals surface area (Å²) in [6, 6.07) is 21.9. The minimum Gasteiger partial charge on any atom is -0.494 e. The largest absolute Gasteiger partial charge is 0.494 e. The van der Waals surface area contributed by atoms with Gasteiger partial charge in [0.2, 0.25) is 0 Å². The number of nitrogens with zero attached hydrogens (tertiary/aromatic N) is 1. The van der Waals surface area contributed by atoms with E-state index in [4.69, 9.17) is 4.74 Å². The Labute approximate surface area is 201 Å². The molecule has 0 saturated heterocycles. The molecule has 0 saturated carbocycles. The van der Waals surface area contributed by atoms with E-state index in [1.54, 1.807) is 0 Å². The second kappa shape index (κ2) is 14.5. The van der Waals surface area contributed by atoms with Crippen LogP contribution in [0.5, 0.6) is 5.75 Å². The fraction of sp³-hybridized carbons (Fsp3) is 0.452. The van der Waals surface area contributed by atoms with Gasteiger partial charge in [0.1, 0.15) is 5.75 Å². The average Bonchev–Trinajstić information content (AvgIpc) is 2.87. The molecule has 2 nitrogen and oxygen atoms in total. The zero-order chi connectivity index (χ0) is 23.1. The molecule has 2 heteroatoms. The Kier molecular flexibility index (Phi) is 11.0. The zero-order valence-corrected chi connectivity index (χ0v) is 20.7. The first-order valence-electron chi connectivity index (χ1n) is 13.0. The van der Waals surface area contributed by atoms with Crippen molar-refractivity contribution in [2.45, 2.75) is 84.5 Å². The first kappa shape index (κ1) is 25.0. The maximum absolute atomic E-state index is 5.87. The molecule has 0 bridgehead atoms. The molecule has 0 amide bonds. The molecular formula is C31H41NO. The standard InChI is InChI=1S/C31H41NO/c1-3-5-7-9-11-30-21-16-27(25-32-30)13-12-26-14-17-28(18-15-26)29-19-22-31(23-20-29)33-24-10-8-6-4-2/h14-23,25H,3-13,24H2,1-2H3. The third-order valence-corrected chi connectivity index (χ3v) is 6.28. The van der Waals surface area contributed by atoms with Crippen LogP contribution >= 0.6 is 0 Å². The van der Waals surface area contributed by atoms with Gasteiger partial charge in [-0.3, -0.25) is 4.98 Å². The van der Waals surface area contributed by atoms with E-state index in [2.05, 4.69) is 85.7 Å². The molecule has 33 heavy (non-hydrogen) atoms. The summed E-state index contributed by atoms with van der Waals surface area (Å²) in [7, 11) is 0. The number of hydrogen-bond acceptors (Lipinski definition) is 2. The summed E-state index contributed by atoms with van der Waals surface area (Å²) in [6.07, 6.45) is 15.4. The Morgan fingerprint density at radius 2 is 1.18 bits per heavy atom. The van der Waals surface area contributed by atoms with Crippen LogP contribution in [0.4, 0.5) is 0 Å². The topological polar surface area (TPSA) is 22.1 Å². The van der Waals surface area contributed by atoms with Crippen molar-refractivity contribution >= 4 is 0 Å². The van der Waals surface area contributed by atoms with Crippen molar-refractivity contribution in [1.29, 1.82) is 0 Å². The number of benzene rings is 2. The average molecular weight is 444 g/mol. The van der Waals surface area contributed by atoms with Gasteiger partial charge < -0.3 is 4.74 Å². The molecule has 0 N–H and O–H groups in total. The Morgan fingerprint density at radius 3 is 1.82 bits per heavy atom. The highest BCUT2D eigenvalue weighted by Gasteiger charge is 2.02. The van der Waals surface area contributed by atoms with Gasteiger partial charge in [-0.05, 0) is 72.6 Å². The number of pyridine rings is 1. The van der Waals surface area contributed by atoms with Crippen molar-refractivity contribution in [3.63, 3.8) is 0 Å². The zero-order valence-electron chi connectivity index (χ0n) is 20.7.